The van der Waals surface area contributed by atoms with Gasteiger partial charge in [0, 0.05) is 33.9 Å². The highest BCUT2D eigenvalue weighted by Gasteiger charge is 2.18. The number of fused-ring (bicyclic) bond motifs is 2. The second-order valence-electron chi connectivity index (χ2n) is 10.5. The van der Waals surface area contributed by atoms with E-state index in [1.165, 1.54) is 0 Å². The highest BCUT2D eigenvalue weighted by Crippen LogP contribution is 2.45. The van der Waals surface area contributed by atoms with E-state index in [0.717, 1.165) is 66.5 Å². The van der Waals surface area contributed by atoms with Gasteiger partial charge in [-0.15, -0.1) is 0 Å². The first-order valence-electron chi connectivity index (χ1n) is 14.4. The van der Waals surface area contributed by atoms with E-state index >= 15 is 0 Å². The van der Waals surface area contributed by atoms with Crippen LogP contribution >= 0.6 is 0 Å². The number of rotatable bonds is 7. The molecule has 6 rings (SSSR count). The molecule has 0 atom stereocenters. The summed E-state index contributed by atoms with van der Waals surface area (Å²) in [6.45, 7) is 0. The Bertz CT molecular complexity index is 2140. The molecule has 6 heteroatoms. The van der Waals surface area contributed by atoms with Crippen LogP contribution in [0.25, 0.3) is 44.8 Å². The molecule has 0 aliphatic heterocycles. The van der Waals surface area contributed by atoms with Crippen LogP contribution in [0.15, 0.2) is 132 Å². The Morgan fingerprint density at radius 1 is 0.435 bits per heavy atom. The molecule has 0 aromatic heterocycles. The summed E-state index contributed by atoms with van der Waals surface area (Å²) in [7, 11) is 0. The molecule has 2 N–H and O–H groups in total. The minimum absolute atomic E-state index is 0.0497. The number of hydrogen-bond acceptors (Lipinski definition) is 6. The molecular weight excluding hydrogens is 564 g/mol. The van der Waals surface area contributed by atoms with Gasteiger partial charge in [0.2, 0.25) is 0 Å². The first kappa shape index (κ1) is 29.0. The van der Waals surface area contributed by atoms with Crippen molar-refractivity contribution in [2.75, 3.05) is 10.6 Å². The summed E-state index contributed by atoms with van der Waals surface area (Å²) in [6, 6.07) is 47.8. The van der Waals surface area contributed by atoms with E-state index in [-0.39, 0.29) is 11.1 Å². The maximum absolute atomic E-state index is 9.13. The van der Waals surface area contributed by atoms with Crippen molar-refractivity contribution < 1.29 is 0 Å². The van der Waals surface area contributed by atoms with Gasteiger partial charge in [0.1, 0.15) is 35.4 Å². The first-order chi connectivity index (χ1) is 22.6. The molecule has 0 fully saturated rings. The van der Waals surface area contributed by atoms with E-state index in [1.807, 2.05) is 97.1 Å². The van der Waals surface area contributed by atoms with Crippen molar-refractivity contribution in [3.63, 3.8) is 0 Å². The third-order valence-corrected chi connectivity index (χ3v) is 7.59. The van der Waals surface area contributed by atoms with E-state index in [9.17, 15) is 0 Å². The Hall–Kier alpha value is -7.12. The molecule has 0 aliphatic rings. The van der Waals surface area contributed by atoms with Gasteiger partial charge in [-0.25, -0.2) is 0 Å². The first-order valence-corrected chi connectivity index (χ1v) is 14.4. The molecule has 0 radical (unpaired) electrons. The van der Waals surface area contributed by atoms with Gasteiger partial charge in [-0.1, -0.05) is 84.9 Å². The lowest BCUT2D eigenvalue weighted by atomic mass is 9.90. The fourth-order valence-electron chi connectivity index (χ4n) is 5.44. The Kier molecular flexibility index (Phi) is 8.21. The average molecular weight is 589 g/mol. The van der Waals surface area contributed by atoms with Crippen molar-refractivity contribution in [1.82, 2.24) is 0 Å². The average Bonchev–Trinajstić information content (AvgIpc) is 3.11. The van der Waals surface area contributed by atoms with Crippen LogP contribution in [0.4, 0.5) is 22.7 Å². The molecule has 0 amide bonds. The standard InChI is InChI=1S/C40H24N6/c41-23-29(24-42)21-27-9-15-33(16-10-27)45-37-19-13-31-5-1-3-7-35(31)39(37)40-36-8-4-2-6-32(36)14-20-38(40)46-34-17-11-28(12-18-34)22-30(25-43)26-44/h1-22,45-46H. The summed E-state index contributed by atoms with van der Waals surface area (Å²) in [5.74, 6) is 0. The minimum Gasteiger partial charge on any atom is -0.355 e. The van der Waals surface area contributed by atoms with Crippen LogP contribution < -0.4 is 10.6 Å². The third kappa shape index (κ3) is 6.01. The predicted octanol–water partition coefficient (Wildman–Crippen LogP) is 10.0. The molecule has 0 unspecified atom stereocenters. The summed E-state index contributed by atoms with van der Waals surface area (Å²) < 4.78 is 0. The summed E-state index contributed by atoms with van der Waals surface area (Å²) in [4.78, 5) is 0. The van der Waals surface area contributed by atoms with Gasteiger partial charge in [-0.3, -0.25) is 0 Å². The molecule has 0 bridgehead atoms. The van der Waals surface area contributed by atoms with Crippen LogP contribution in [0.1, 0.15) is 11.1 Å². The summed E-state index contributed by atoms with van der Waals surface area (Å²) in [6.07, 6.45) is 3.13. The molecule has 0 heterocycles. The Labute approximate surface area is 266 Å². The van der Waals surface area contributed by atoms with Crippen molar-refractivity contribution >= 4 is 56.4 Å². The Balaban J connectivity index is 1.49. The van der Waals surface area contributed by atoms with Crippen molar-refractivity contribution in [1.29, 1.82) is 21.0 Å². The predicted molar refractivity (Wildman–Crippen MR) is 185 cm³/mol. The molecule has 6 aromatic rings. The molecule has 6 aromatic carbocycles. The number of benzene rings is 6. The monoisotopic (exact) mass is 588 g/mol. The number of hydrogen-bond donors (Lipinski definition) is 2. The van der Waals surface area contributed by atoms with Crippen LogP contribution in [0, 0.1) is 45.3 Å². The largest absolute Gasteiger partial charge is 0.355 e. The zero-order valence-corrected chi connectivity index (χ0v) is 24.5. The second kappa shape index (κ2) is 13.0. The smallest absolute Gasteiger partial charge is 0.130 e. The van der Waals surface area contributed by atoms with Crippen LogP contribution in [-0.4, -0.2) is 0 Å². The summed E-state index contributed by atoms with van der Waals surface area (Å²) >= 11 is 0. The fourth-order valence-corrected chi connectivity index (χ4v) is 5.44. The van der Waals surface area contributed by atoms with E-state index < -0.39 is 0 Å². The van der Waals surface area contributed by atoms with Gasteiger partial charge in [-0.2, -0.15) is 21.0 Å². The van der Waals surface area contributed by atoms with E-state index in [1.54, 1.807) is 12.2 Å². The summed E-state index contributed by atoms with van der Waals surface area (Å²) in [5.41, 5.74) is 7.24. The van der Waals surface area contributed by atoms with Crippen LogP contribution in [0.2, 0.25) is 0 Å². The van der Waals surface area contributed by atoms with Gasteiger partial charge >= 0.3 is 0 Å². The number of allylic oxidation sites excluding steroid dienone is 2. The number of nitrogens with zero attached hydrogens (tertiary/aromatic N) is 4. The number of nitriles is 4. The summed E-state index contributed by atoms with van der Waals surface area (Å²) in [5, 5.41) is 48.2. The molecule has 0 spiro atoms. The van der Waals surface area contributed by atoms with Crippen LogP contribution in [0.5, 0.6) is 0 Å². The Morgan fingerprint density at radius 3 is 1.17 bits per heavy atom. The van der Waals surface area contributed by atoms with E-state index in [4.69, 9.17) is 21.0 Å². The topological polar surface area (TPSA) is 119 Å². The van der Waals surface area contributed by atoms with Gasteiger partial charge in [0.25, 0.3) is 0 Å². The van der Waals surface area contributed by atoms with Crippen LogP contribution in [0.3, 0.4) is 0 Å². The van der Waals surface area contributed by atoms with Crippen molar-refractivity contribution in [2.24, 2.45) is 0 Å². The molecule has 0 saturated heterocycles. The molecular formula is C40H24N6. The van der Waals surface area contributed by atoms with Gasteiger partial charge in [-0.05, 0) is 81.2 Å². The molecule has 214 valence electrons. The van der Waals surface area contributed by atoms with E-state index in [0.29, 0.717) is 0 Å². The number of nitrogens with one attached hydrogen (secondary N) is 2. The molecule has 0 aliphatic carbocycles. The van der Waals surface area contributed by atoms with Crippen molar-refractivity contribution in [3.05, 3.63) is 144 Å². The highest BCUT2D eigenvalue weighted by atomic mass is 14.9. The highest BCUT2D eigenvalue weighted by molar-refractivity contribution is 6.14. The molecule has 46 heavy (non-hydrogen) atoms. The maximum atomic E-state index is 9.13. The van der Waals surface area contributed by atoms with Crippen molar-refractivity contribution in [2.45, 2.75) is 0 Å². The third-order valence-electron chi connectivity index (χ3n) is 7.59. The zero-order chi connectivity index (χ0) is 31.9. The quantitative estimate of drug-likeness (QED) is 0.179. The maximum Gasteiger partial charge on any atom is 0.130 e. The fraction of sp³-hybridized carbons (Fsp3) is 0. The number of anilines is 4. The lowest BCUT2D eigenvalue weighted by molar-refractivity contribution is 1.47. The lowest BCUT2D eigenvalue weighted by Gasteiger charge is -2.21. The second-order valence-corrected chi connectivity index (χ2v) is 10.5. The van der Waals surface area contributed by atoms with Crippen LogP contribution in [-0.2, 0) is 0 Å². The lowest BCUT2D eigenvalue weighted by Crippen LogP contribution is -1.99. The Morgan fingerprint density at radius 2 is 0.804 bits per heavy atom. The van der Waals surface area contributed by atoms with Crippen molar-refractivity contribution in [3.8, 4) is 35.4 Å². The van der Waals surface area contributed by atoms with Gasteiger partial charge in [0.05, 0.1) is 0 Å². The zero-order valence-electron chi connectivity index (χ0n) is 24.5. The molecule has 0 saturated carbocycles. The van der Waals surface area contributed by atoms with Gasteiger partial charge < -0.3 is 10.6 Å². The minimum atomic E-state index is 0.0497. The molecule has 6 nitrogen and oxygen atoms in total. The normalized spacial score (nSPS) is 10.1. The van der Waals surface area contributed by atoms with Gasteiger partial charge in [0.15, 0.2) is 0 Å². The SMILES string of the molecule is N#CC(C#N)=Cc1ccc(Nc2ccc3ccccc3c2-c2c(Nc3ccc(C=C(C#N)C#N)cc3)ccc3ccccc23)cc1. The van der Waals surface area contributed by atoms with E-state index in [2.05, 4.69) is 59.2 Å².